The molecule has 0 saturated carbocycles. The van der Waals surface area contributed by atoms with Crippen LogP contribution in [0.2, 0.25) is 0 Å². The fraction of sp³-hybridized carbons (Fsp3) is 0.400. The lowest BCUT2D eigenvalue weighted by Crippen LogP contribution is -2.27. The highest BCUT2D eigenvalue weighted by atomic mass is 16.4. The number of hydrogen-bond donors (Lipinski definition) is 1. The molecule has 18 heavy (non-hydrogen) atoms. The molecule has 0 unspecified atom stereocenters. The molecule has 0 aromatic heterocycles. The molecule has 0 bridgehead atoms. The van der Waals surface area contributed by atoms with Gasteiger partial charge in [-0.3, -0.25) is 4.79 Å². The predicted molar refractivity (Wildman–Crippen MR) is 73.7 cm³/mol. The fourth-order valence-corrected chi connectivity index (χ4v) is 1.87. The lowest BCUT2D eigenvalue weighted by molar-refractivity contribution is -0.136. The molecule has 0 saturated heterocycles. The van der Waals surface area contributed by atoms with Crippen molar-refractivity contribution in [2.45, 2.75) is 26.2 Å². The number of benzene rings is 1. The highest BCUT2D eigenvalue weighted by Gasteiger charge is 2.10. The number of carbonyl (C=O) groups is 1. The van der Waals surface area contributed by atoms with Gasteiger partial charge in [0.15, 0.2) is 0 Å². The first-order valence-corrected chi connectivity index (χ1v) is 6.11. The van der Waals surface area contributed by atoms with Gasteiger partial charge >= 0.3 is 5.97 Å². The Morgan fingerprint density at radius 2 is 2.11 bits per heavy atom. The Labute approximate surface area is 108 Å². The number of nitrogens with zero attached hydrogens (tertiary/aromatic N) is 1. The van der Waals surface area contributed by atoms with Gasteiger partial charge in [0.05, 0.1) is 6.42 Å². The number of anilines is 1. The van der Waals surface area contributed by atoms with Crippen LogP contribution in [0.15, 0.2) is 24.3 Å². The van der Waals surface area contributed by atoms with Crippen molar-refractivity contribution in [1.82, 2.24) is 0 Å². The largest absolute Gasteiger partial charge is 0.481 e. The van der Waals surface area contributed by atoms with Gasteiger partial charge in [-0.25, -0.2) is 0 Å². The molecule has 1 rings (SSSR count). The first-order valence-electron chi connectivity index (χ1n) is 6.11. The van der Waals surface area contributed by atoms with Gasteiger partial charge in [0, 0.05) is 25.2 Å². The van der Waals surface area contributed by atoms with Crippen LogP contribution >= 0.6 is 0 Å². The highest BCUT2D eigenvalue weighted by Crippen LogP contribution is 2.20. The number of aryl methyl sites for hydroxylation is 1. The van der Waals surface area contributed by atoms with Crippen LogP contribution in [0, 0.1) is 19.3 Å². The monoisotopic (exact) mass is 245 g/mol. The fourth-order valence-electron chi connectivity index (χ4n) is 1.87. The normalized spacial score (nSPS) is 9.78. The van der Waals surface area contributed by atoms with E-state index in [-0.39, 0.29) is 6.42 Å². The van der Waals surface area contributed by atoms with E-state index >= 15 is 0 Å². The van der Waals surface area contributed by atoms with E-state index < -0.39 is 5.97 Å². The van der Waals surface area contributed by atoms with Gasteiger partial charge < -0.3 is 10.0 Å². The van der Waals surface area contributed by atoms with Gasteiger partial charge in [-0.1, -0.05) is 18.2 Å². The Hall–Kier alpha value is -1.95. The number of carboxylic acid groups (broad SMARTS) is 1. The molecular formula is C15H19NO2. The molecule has 0 fully saturated rings. The van der Waals surface area contributed by atoms with Crippen molar-refractivity contribution in [2.75, 3.05) is 18.0 Å². The van der Waals surface area contributed by atoms with E-state index in [9.17, 15) is 4.79 Å². The lowest BCUT2D eigenvalue weighted by Gasteiger charge is -2.25. The Balaban J connectivity index is 2.73. The zero-order valence-corrected chi connectivity index (χ0v) is 10.7. The summed E-state index contributed by atoms with van der Waals surface area (Å²) in [7, 11) is 0. The van der Waals surface area contributed by atoms with Crippen molar-refractivity contribution in [3.63, 3.8) is 0 Å². The van der Waals surface area contributed by atoms with E-state index in [0.29, 0.717) is 6.54 Å². The zero-order valence-electron chi connectivity index (χ0n) is 10.7. The summed E-state index contributed by atoms with van der Waals surface area (Å²) in [6.45, 7) is 3.34. The van der Waals surface area contributed by atoms with Crippen LogP contribution in [-0.2, 0) is 4.79 Å². The second-order valence-electron chi connectivity index (χ2n) is 4.22. The number of para-hydroxylation sites is 1. The average molecular weight is 245 g/mol. The van der Waals surface area contributed by atoms with Crippen LogP contribution < -0.4 is 4.90 Å². The van der Waals surface area contributed by atoms with E-state index in [2.05, 4.69) is 10.8 Å². The summed E-state index contributed by atoms with van der Waals surface area (Å²) in [6, 6.07) is 8.00. The third kappa shape index (κ3) is 4.50. The van der Waals surface area contributed by atoms with Crippen molar-refractivity contribution in [2.24, 2.45) is 0 Å². The summed E-state index contributed by atoms with van der Waals surface area (Å²) < 4.78 is 0. The van der Waals surface area contributed by atoms with Crippen LogP contribution in [0.5, 0.6) is 0 Å². The second kappa shape index (κ2) is 7.39. The molecule has 0 aliphatic heterocycles. The highest BCUT2D eigenvalue weighted by molar-refractivity contribution is 5.68. The van der Waals surface area contributed by atoms with E-state index in [1.807, 2.05) is 31.2 Å². The minimum Gasteiger partial charge on any atom is -0.481 e. The van der Waals surface area contributed by atoms with E-state index in [1.54, 1.807) is 0 Å². The molecule has 1 N–H and O–H groups in total. The van der Waals surface area contributed by atoms with E-state index in [4.69, 9.17) is 11.5 Å². The van der Waals surface area contributed by atoms with Gasteiger partial charge in [-0.15, -0.1) is 12.3 Å². The molecule has 0 radical (unpaired) electrons. The molecule has 1 aromatic rings. The number of rotatable bonds is 7. The average Bonchev–Trinajstić information content (AvgIpc) is 2.34. The topological polar surface area (TPSA) is 40.5 Å². The Morgan fingerprint density at radius 3 is 2.72 bits per heavy atom. The third-order valence-corrected chi connectivity index (χ3v) is 2.80. The number of unbranched alkanes of at least 4 members (excludes halogenated alkanes) is 1. The van der Waals surface area contributed by atoms with Crippen LogP contribution in [0.1, 0.15) is 24.8 Å². The Bertz CT molecular complexity index is 434. The molecule has 0 spiro atoms. The minimum absolute atomic E-state index is 0.143. The first-order chi connectivity index (χ1) is 8.65. The lowest BCUT2D eigenvalue weighted by atomic mass is 10.1. The molecule has 0 heterocycles. The SMILES string of the molecule is C#CCCCN(CCC(=O)O)c1ccccc1C. The molecule has 3 nitrogen and oxygen atoms in total. The summed E-state index contributed by atoms with van der Waals surface area (Å²) >= 11 is 0. The molecule has 0 aliphatic carbocycles. The maximum absolute atomic E-state index is 10.7. The van der Waals surface area contributed by atoms with Crippen LogP contribution in [0.4, 0.5) is 5.69 Å². The van der Waals surface area contributed by atoms with Crippen molar-refractivity contribution in [3.05, 3.63) is 29.8 Å². The van der Waals surface area contributed by atoms with Crippen molar-refractivity contribution >= 4 is 11.7 Å². The van der Waals surface area contributed by atoms with E-state index in [0.717, 1.165) is 30.6 Å². The van der Waals surface area contributed by atoms with Crippen molar-refractivity contribution < 1.29 is 9.90 Å². The van der Waals surface area contributed by atoms with Crippen molar-refractivity contribution in [3.8, 4) is 12.3 Å². The van der Waals surface area contributed by atoms with E-state index in [1.165, 1.54) is 0 Å². The maximum atomic E-state index is 10.7. The van der Waals surface area contributed by atoms with Crippen LogP contribution in [0.3, 0.4) is 0 Å². The first kappa shape index (κ1) is 14.1. The van der Waals surface area contributed by atoms with Crippen molar-refractivity contribution in [1.29, 1.82) is 0 Å². The third-order valence-electron chi connectivity index (χ3n) is 2.80. The number of carboxylic acids is 1. The molecule has 3 heteroatoms. The summed E-state index contributed by atoms with van der Waals surface area (Å²) in [5.41, 5.74) is 2.25. The standard InChI is InChI=1S/C15H19NO2/c1-3-4-7-11-16(12-10-15(17)18)14-9-6-5-8-13(14)2/h1,5-6,8-9H,4,7,10-12H2,2H3,(H,17,18). The molecule has 0 atom stereocenters. The predicted octanol–water partition coefficient (Wildman–Crippen LogP) is 2.69. The van der Waals surface area contributed by atoms with Crippen LogP contribution in [-0.4, -0.2) is 24.2 Å². The van der Waals surface area contributed by atoms with Gasteiger partial charge in [-0.05, 0) is 25.0 Å². The Kier molecular flexibility index (Phi) is 5.79. The Morgan fingerprint density at radius 1 is 1.39 bits per heavy atom. The summed E-state index contributed by atoms with van der Waals surface area (Å²) in [5, 5.41) is 8.79. The number of terminal acetylenes is 1. The summed E-state index contributed by atoms with van der Waals surface area (Å²) in [4.78, 5) is 12.8. The maximum Gasteiger partial charge on any atom is 0.305 e. The van der Waals surface area contributed by atoms with Gasteiger partial charge in [0.25, 0.3) is 0 Å². The summed E-state index contributed by atoms with van der Waals surface area (Å²) in [6.07, 6.45) is 6.98. The summed E-state index contributed by atoms with van der Waals surface area (Å²) in [5.74, 6) is 1.84. The minimum atomic E-state index is -0.773. The molecular weight excluding hydrogens is 226 g/mol. The quantitative estimate of drug-likeness (QED) is 0.593. The van der Waals surface area contributed by atoms with Gasteiger partial charge in [0.2, 0.25) is 0 Å². The molecule has 0 aliphatic rings. The molecule has 96 valence electrons. The molecule has 1 aromatic carbocycles. The smallest absolute Gasteiger partial charge is 0.305 e. The van der Waals surface area contributed by atoms with Crippen LogP contribution in [0.25, 0.3) is 0 Å². The second-order valence-corrected chi connectivity index (χ2v) is 4.22. The van der Waals surface area contributed by atoms with Gasteiger partial charge in [-0.2, -0.15) is 0 Å². The van der Waals surface area contributed by atoms with Gasteiger partial charge in [0.1, 0.15) is 0 Å². The zero-order chi connectivity index (χ0) is 13.4. The molecule has 0 amide bonds. The number of aliphatic carboxylic acids is 1. The number of hydrogen-bond acceptors (Lipinski definition) is 2.